The summed E-state index contributed by atoms with van der Waals surface area (Å²) in [4.78, 5) is 4.70. The summed E-state index contributed by atoms with van der Waals surface area (Å²) >= 11 is 0. The van der Waals surface area contributed by atoms with E-state index in [0.717, 1.165) is 48.2 Å². The average molecular weight is 398 g/mol. The van der Waals surface area contributed by atoms with Crippen LogP contribution < -0.4 is 20.1 Å². The Bertz CT molecular complexity index is 800. The first kappa shape index (κ1) is 21.0. The largest absolute Gasteiger partial charge is 0.497 e. The van der Waals surface area contributed by atoms with E-state index in [0.29, 0.717) is 19.7 Å². The molecule has 1 heterocycles. The summed E-state index contributed by atoms with van der Waals surface area (Å²) in [6, 6.07) is 14.3. The molecule has 0 saturated carbocycles. The smallest absolute Gasteiger partial charge is 0.191 e. The molecule has 1 unspecified atom stereocenters. The lowest BCUT2D eigenvalue weighted by Gasteiger charge is -2.18. The number of nitrogens with zero attached hydrogens (tertiary/aromatic N) is 1. The fraction of sp³-hybridized carbons (Fsp3) is 0.435. The van der Waals surface area contributed by atoms with Gasteiger partial charge in [0.2, 0.25) is 0 Å². The minimum atomic E-state index is 0.132. The Kier molecular flexibility index (Phi) is 7.76. The zero-order chi connectivity index (χ0) is 20.5. The standard InChI is InChI=1S/C23H31N3O3/c1-4-24-23(25-14-18-6-9-20(27-3)10-7-18)26-15-19-8-5-17(2)13-22(19)29-21-11-12-28-16-21/h5-10,13,21H,4,11-12,14-16H2,1-3H3,(H2,24,25,26). The number of rotatable bonds is 8. The van der Waals surface area contributed by atoms with Crippen LogP contribution in [0.15, 0.2) is 47.5 Å². The van der Waals surface area contributed by atoms with Gasteiger partial charge in [0, 0.05) is 25.1 Å². The van der Waals surface area contributed by atoms with Crippen molar-refractivity contribution < 1.29 is 14.2 Å². The van der Waals surface area contributed by atoms with Gasteiger partial charge in [-0.25, -0.2) is 4.99 Å². The fourth-order valence-electron chi connectivity index (χ4n) is 3.12. The molecule has 0 radical (unpaired) electrons. The summed E-state index contributed by atoms with van der Waals surface area (Å²) in [6.07, 6.45) is 1.07. The van der Waals surface area contributed by atoms with Gasteiger partial charge in [-0.1, -0.05) is 24.3 Å². The van der Waals surface area contributed by atoms with Crippen LogP contribution in [0, 0.1) is 6.92 Å². The topological polar surface area (TPSA) is 64.1 Å². The summed E-state index contributed by atoms with van der Waals surface area (Å²) in [5, 5.41) is 6.72. The van der Waals surface area contributed by atoms with Gasteiger partial charge in [-0.2, -0.15) is 0 Å². The molecule has 1 fully saturated rings. The minimum absolute atomic E-state index is 0.132. The lowest BCUT2D eigenvalue weighted by molar-refractivity contribution is 0.140. The third-order valence-corrected chi connectivity index (χ3v) is 4.77. The van der Waals surface area contributed by atoms with Crippen LogP contribution in [0.5, 0.6) is 11.5 Å². The first-order chi connectivity index (χ1) is 14.2. The summed E-state index contributed by atoms with van der Waals surface area (Å²) in [7, 11) is 1.67. The molecule has 1 aliphatic heterocycles. The molecule has 156 valence electrons. The van der Waals surface area contributed by atoms with Crippen LogP contribution in [0.3, 0.4) is 0 Å². The van der Waals surface area contributed by atoms with Gasteiger partial charge in [0.25, 0.3) is 0 Å². The number of methoxy groups -OCH3 is 1. The normalized spacial score (nSPS) is 16.5. The van der Waals surface area contributed by atoms with Crippen LogP contribution in [-0.4, -0.2) is 38.9 Å². The predicted octanol–water partition coefficient (Wildman–Crippen LogP) is 3.43. The van der Waals surface area contributed by atoms with Crippen LogP contribution in [-0.2, 0) is 17.8 Å². The first-order valence-corrected chi connectivity index (χ1v) is 10.2. The van der Waals surface area contributed by atoms with Crippen molar-refractivity contribution in [2.45, 2.75) is 39.5 Å². The van der Waals surface area contributed by atoms with Crippen LogP contribution in [0.25, 0.3) is 0 Å². The lowest BCUT2D eigenvalue weighted by atomic mass is 10.1. The average Bonchev–Trinajstić information content (AvgIpc) is 3.24. The highest BCUT2D eigenvalue weighted by Gasteiger charge is 2.18. The number of ether oxygens (including phenoxy) is 3. The Morgan fingerprint density at radius 2 is 2.00 bits per heavy atom. The molecule has 1 aliphatic rings. The van der Waals surface area contributed by atoms with Gasteiger partial charge < -0.3 is 24.8 Å². The Morgan fingerprint density at radius 3 is 2.69 bits per heavy atom. The van der Waals surface area contributed by atoms with Gasteiger partial charge in [0.1, 0.15) is 17.6 Å². The van der Waals surface area contributed by atoms with Crippen molar-refractivity contribution in [1.29, 1.82) is 0 Å². The molecule has 2 N–H and O–H groups in total. The van der Waals surface area contributed by atoms with E-state index in [2.05, 4.69) is 42.7 Å². The third-order valence-electron chi connectivity index (χ3n) is 4.77. The van der Waals surface area contributed by atoms with E-state index in [1.807, 2.05) is 24.3 Å². The zero-order valence-corrected chi connectivity index (χ0v) is 17.5. The van der Waals surface area contributed by atoms with Crippen molar-refractivity contribution in [1.82, 2.24) is 10.6 Å². The molecule has 0 spiro atoms. The summed E-state index contributed by atoms with van der Waals surface area (Å²) in [5.74, 6) is 2.54. The molecule has 2 aromatic carbocycles. The lowest BCUT2D eigenvalue weighted by Crippen LogP contribution is -2.37. The molecular weight excluding hydrogens is 366 g/mol. The number of hydrogen-bond acceptors (Lipinski definition) is 4. The summed E-state index contributed by atoms with van der Waals surface area (Å²) < 4.78 is 16.8. The Hall–Kier alpha value is -2.73. The van der Waals surface area contributed by atoms with Gasteiger partial charge in [0.05, 0.1) is 26.9 Å². The molecular formula is C23H31N3O3. The van der Waals surface area contributed by atoms with Gasteiger partial charge >= 0.3 is 0 Å². The Labute approximate surface area is 173 Å². The highest BCUT2D eigenvalue weighted by molar-refractivity contribution is 5.79. The molecule has 3 rings (SSSR count). The molecule has 0 aliphatic carbocycles. The number of benzene rings is 2. The maximum atomic E-state index is 6.19. The molecule has 1 atom stereocenters. The van der Waals surface area contributed by atoms with Crippen LogP contribution in [0.1, 0.15) is 30.0 Å². The quantitative estimate of drug-likeness (QED) is 0.528. The SMILES string of the molecule is CCNC(=NCc1ccc(OC)cc1)NCc1ccc(C)cc1OC1CCOC1. The van der Waals surface area contributed by atoms with Crippen molar-refractivity contribution in [3.63, 3.8) is 0 Å². The fourth-order valence-corrected chi connectivity index (χ4v) is 3.12. The van der Waals surface area contributed by atoms with Gasteiger partial charge in [-0.05, 0) is 43.2 Å². The van der Waals surface area contributed by atoms with E-state index in [-0.39, 0.29) is 6.10 Å². The van der Waals surface area contributed by atoms with Gasteiger partial charge in [-0.3, -0.25) is 0 Å². The van der Waals surface area contributed by atoms with Crippen molar-refractivity contribution in [2.24, 2.45) is 4.99 Å². The van der Waals surface area contributed by atoms with Gasteiger partial charge in [-0.15, -0.1) is 0 Å². The first-order valence-electron chi connectivity index (χ1n) is 10.2. The molecule has 6 heteroatoms. The van der Waals surface area contributed by atoms with Gasteiger partial charge in [0.15, 0.2) is 5.96 Å². The molecule has 2 aromatic rings. The van der Waals surface area contributed by atoms with E-state index < -0.39 is 0 Å². The third kappa shape index (κ3) is 6.39. The predicted molar refractivity (Wildman–Crippen MR) is 116 cm³/mol. The maximum Gasteiger partial charge on any atom is 0.191 e. The highest BCUT2D eigenvalue weighted by Crippen LogP contribution is 2.23. The Morgan fingerprint density at radius 1 is 1.17 bits per heavy atom. The number of guanidine groups is 1. The zero-order valence-electron chi connectivity index (χ0n) is 17.5. The highest BCUT2D eigenvalue weighted by atomic mass is 16.5. The Balaban J connectivity index is 1.64. The second-order valence-electron chi connectivity index (χ2n) is 7.11. The molecule has 0 bridgehead atoms. The van der Waals surface area contributed by atoms with E-state index in [1.165, 1.54) is 5.56 Å². The van der Waals surface area contributed by atoms with Crippen molar-refractivity contribution in [2.75, 3.05) is 26.9 Å². The van der Waals surface area contributed by atoms with E-state index >= 15 is 0 Å². The number of aliphatic imine (C=N–C) groups is 1. The van der Waals surface area contributed by atoms with Crippen molar-refractivity contribution >= 4 is 5.96 Å². The molecule has 0 amide bonds. The summed E-state index contributed by atoms with van der Waals surface area (Å²) in [5.41, 5.74) is 3.42. The maximum absolute atomic E-state index is 6.19. The molecule has 29 heavy (non-hydrogen) atoms. The second kappa shape index (κ2) is 10.7. The summed E-state index contributed by atoms with van der Waals surface area (Å²) in [6.45, 7) is 7.60. The number of aryl methyl sites for hydroxylation is 1. The van der Waals surface area contributed by atoms with Crippen LogP contribution in [0.4, 0.5) is 0 Å². The van der Waals surface area contributed by atoms with Crippen LogP contribution >= 0.6 is 0 Å². The van der Waals surface area contributed by atoms with Crippen molar-refractivity contribution in [3.05, 3.63) is 59.2 Å². The number of hydrogen-bond donors (Lipinski definition) is 2. The van der Waals surface area contributed by atoms with E-state index in [9.17, 15) is 0 Å². The molecule has 0 aromatic heterocycles. The van der Waals surface area contributed by atoms with E-state index in [4.69, 9.17) is 19.2 Å². The molecule has 1 saturated heterocycles. The minimum Gasteiger partial charge on any atom is -0.497 e. The van der Waals surface area contributed by atoms with E-state index in [1.54, 1.807) is 7.11 Å². The molecule has 6 nitrogen and oxygen atoms in total. The monoisotopic (exact) mass is 397 g/mol. The second-order valence-corrected chi connectivity index (χ2v) is 7.11. The number of nitrogens with one attached hydrogen (secondary N) is 2. The van der Waals surface area contributed by atoms with Crippen LogP contribution in [0.2, 0.25) is 0 Å². The van der Waals surface area contributed by atoms with Crippen molar-refractivity contribution in [3.8, 4) is 11.5 Å².